The fourth-order valence-corrected chi connectivity index (χ4v) is 2.35. The van der Waals surface area contributed by atoms with Gasteiger partial charge in [-0.3, -0.25) is 10.1 Å². The van der Waals surface area contributed by atoms with Crippen LogP contribution in [-0.2, 0) is 0 Å². The molecule has 0 aromatic heterocycles. The van der Waals surface area contributed by atoms with Gasteiger partial charge in [-0.1, -0.05) is 18.0 Å². The van der Waals surface area contributed by atoms with Gasteiger partial charge in [-0.25, -0.2) is 0 Å². The van der Waals surface area contributed by atoms with Gasteiger partial charge >= 0.3 is 0 Å². The highest BCUT2D eigenvalue weighted by Gasteiger charge is 2.24. The van der Waals surface area contributed by atoms with Gasteiger partial charge in [0, 0.05) is 18.2 Å². The Labute approximate surface area is 110 Å². The Morgan fingerprint density at radius 3 is 2.72 bits per heavy atom. The van der Waals surface area contributed by atoms with Crippen LogP contribution in [0.25, 0.3) is 0 Å². The highest BCUT2D eigenvalue weighted by molar-refractivity contribution is 6.32. The summed E-state index contributed by atoms with van der Waals surface area (Å²) in [5.74, 6) is 0.463. The molecule has 0 spiro atoms. The van der Waals surface area contributed by atoms with E-state index >= 15 is 0 Å². The minimum absolute atomic E-state index is 0.00464. The lowest BCUT2D eigenvalue weighted by atomic mass is 9.93. The molecule has 1 aliphatic rings. The second-order valence-electron chi connectivity index (χ2n) is 4.48. The van der Waals surface area contributed by atoms with Gasteiger partial charge < -0.3 is 10.5 Å². The lowest BCUT2D eigenvalue weighted by Gasteiger charge is -2.29. The van der Waals surface area contributed by atoms with Gasteiger partial charge in [0.1, 0.15) is 11.9 Å². The van der Waals surface area contributed by atoms with Crippen LogP contribution >= 0.6 is 11.6 Å². The third kappa shape index (κ3) is 2.91. The lowest BCUT2D eigenvalue weighted by Crippen LogP contribution is -2.41. The van der Waals surface area contributed by atoms with Gasteiger partial charge in [-0.2, -0.15) is 0 Å². The summed E-state index contributed by atoms with van der Waals surface area (Å²) in [5.41, 5.74) is 5.94. The van der Waals surface area contributed by atoms with E-state index in [0.29, 0.717) is 5.75 Å². The molecule has 0 aliphatic heterocycles. The zero-order valence-corrected chi connectivity index (χ0v) is 10.6. The van der Waals surface area contributed by atoms with Gasteiger partial charge in [0.2, 0.25) is 0 Å². The maximum Gasteiger partial charge on any atom is 0.271 e. The Bertz CT molecular complexity index is 453. The molecule has 2 unspecified atom stereocenters. The molecule has 0 amide bonds. The van der Waals surface area contributed by atoms with Crippen LogP contribution in [0, 0.1) is 10.1 Å². The van der Waals surface area contributed by atoms with Crippen molar-refractivity contribution < 1.29 is 9.66 Å². The number of ether oxygens (including phenoxy) is 1. The summed E-state index contributed by atoms with van der Waals surface area (Å²) in [6.45, 7) is 0. The zero-order valence-electron chi connectivity index (χ0n) is 9.84. The van der Waals surface area contributed by atoms with Gasteiger partial charge in [0.15, 0.2) is 0 Å². The Morgan fingerprint density at radius 2 is 2.11 bits per heavy atom. The molecule has 1 aromatic rings. The van der Waals surface area contributed by atoms with Crippen molar-refractivity contribution in [2.45, 2.75) is 37.8 Å². The molecule has 0 saturated heterocycles. The molecular formula is C12H15ClN2O3. The number of non-ortho nitro benzene ring substituents is 1. The van der Waals surface area contributed by atoms with Crippen LogP contribution in [0.15, 0.2) is 18.2 Å². The van der Waals surface area contributed by atoms with Crippen molar-refractivity contribution >= 4 is 17.3 Å². The van der Waals surface area contributed by atoms with Crippen LogP contribution in [0.1, 0.15) is 25.7 Å². The summed E-state index contributed by atoms with van der Waals surface area (Å²) >= 11 is 5.97. The van der Waals surface area contributed by atoms with Crippen molar-refractivity contribution in [3.05, 3.63) is 33.3 Å². The van der Waals surface area contributed by atoms with Gasteiger partial charge in [-0.05, 0) is 25.3 Å². The maximum absolute atomic E-state index is 10.6. The highest BCUT2D eigenvalue weighted by Crippen LogP contribution is 2.31. The number of halogens is 1. The quantitative estimate of drug-likeness (QED) is 0.677. The van der Waals surface area contributed by atoms with E-state index in [-0.39, 0.29) is 22.9 Å². The Balaban J connectivity index is 2.11. The summed E-state index contributed by atoms with van der Waals surface area (Å²) in [6, 6.07) is 4.22. The van der Waals surface area contributed by atoms with Crippen LogP contribution in [0.3, 0.4) is 0 Å². The Kier molecular flexibility index (Phi) is 4.04. The van der Waals surface area contributed by atoms with Crippen molar-refractivity contribution in [2.75, 3.05) is 0 Å². The summed E-state index contributed by atoms with van der Waals surface area (Å²) in [5, 5.41) is 10.8. The molecule has 0 radical (unpaired) electrons. The average molecular weight is 271 g/mol. The second kappa shape index (κ2) is 5.54. The van der Waals surface area contributed by atoms with E-state index in [0.717, 1.165) is 25.7 Å². The highest BCUT2D eigenvalue weighted by atomic mass is 35.5. The standard InChI is InChI=1S/C12H15ClN2O3/c13-9-7-8(15(16)17)5-6-11(9)18-12-4-2-1-3-10(12)14/h5-7,10,12H,1-4,14H2. The van der Waals surface area contributed by atoms with E-state index in [4.69, 9.17) is 22.1 Å². The Hall–Kier alpha value is -1.33. The van der Waals surface area contributed by atoms with E-state index in [2.05, 4.69) is 0 Å². The molecule has 0 heterocycles. The zero-order chi connectivity index (χ0) is 13.1. The number of nitro groups is 1. The number of benzene rings is 1. The first-order valence-corrected chi connectivity index (χ1v) is 6.32. The molecule has 1 saturated carbocycles. The fourth-order valence-electron chi connectivity index (χ4n) is 2.13. The first-order valence-electron chi connectivity index (χ1n) is 5.94. The number of nitrogens with two attached hydrogens (primary N) is 1. The summed E-state index contributed by atoms with van der Waals surface area (Å²) < 4.78 is 5.75. The SMILES string of the molecule is NC1CCCCC1Oc1ccc([N+](=O)[O-])cc1Cl. The minimum atomic E-state index is -0.484. The van der Waals surface area contributed by atoms with Gasteiger partial charge in [-0.15, -0.1) is 0 Å². The molecule has 0 bridgehead atoms. The molecule has 1 aromatic carbocycles. The average Bonchev–Trinajstić information content (AvgIpc) is 2.34. The van der Waals surface area contributed by atoms with E-state index in [1.807, 2.05) is 0 Å². The van der Waals surface area contributed by atoms with E-state index in [9.17, 15) is 10.1 Å². The first-order chi connectivity index (χ1) is 8.58. The van der Waals surface area contributed by atoms with Crippen LogP contribution in [0.4, 0.5) is 5.69 Å². The normalized spacial score (nSPS) is 23.7. The van der Waals surface area contributed by atoms with Crippen LogP contribution < -0.4 is 10.5 Å². The fraction of sp³-hybridized carbons (Fsp3) is 0.500. The van der Waals surface area contributed by atoms with Gasteiger partial charge in [0.05, 0.1) is 9.95 Å². The van der Waals surface area contributed by atoms with Crippen molar-refractivity contribution in [3.8, 4) is 5.75 Å². The summed E-state index contributed by atoms with van der Waals surface area (Å²) in [6.07, 6.45) is 3.99. The molecule has 6 heteroatoms. The molecule has 18 heavy (non-hydrogen) atoms. The van der Waals surface area contributed by atoms with E-state index in [1.54, 1.807) is 0 Å². The topological polar surface area (TPSA) is 78.4 Å². The van der Waals surface area contributed by atoms with Crippen LogP contribution in [0.5, 0.6) is 5.75 Å². The van der Waals surface area contributed by atoms with E-state index < -0.39 is 4.92 Å². The maximum atomic E-state index is 10.6. The summed E-state index contributed by atoms with van der Waals surface area (Å²) in [4.78, 5) is 10.1. The third-order valence-electron chi connectivity index (χ3n) is 3.16. The van der Waals surface area contributed by atoms with Crippen LogP contribution in [-0.4, -0.2) is 17.1 Å². The first kappa shape index (κ1) is 13.1. The molecule has 5 nitrogen and oxygen atoms in total. The number of nitro benzene ring substituents is 1. The molecule has 2 N–H and O–H groups in total. The largest absolute Gasteiger partial charge is 0.487 e. The molecule has 2 atom stereocenters. The molecule has 2 rings (SSSR count). The van der Waals surface area contributed by atoms with Crippen LogP contribution in [0.2, 0.25) is 5.02 Å². The number of rotatable bonds is 3. The van der Waals surface area contributed by atoms with Crippen molar-refractivity contribution in [2.24, 2.45) is 5.73 Å². The molecule has 98 valence electrons. The van der Waals surface area contributed by atoms with Crippen molar-refractivity contribution in [1.82, 2.24) is 0 Å². The molecule has 1 fully saturated rings. The third-order valence-corrected chi connectivity index (χ3v) is 3.45. The smallest absolute Gasteiger partial charge is 0.271 e. The number of hydrogen-bond acceptors (Lipinski definition) is 4. The van der Waals surface area contributed by atoms with E-state index in [1.165, 1.54) is 18.2 Å². The predicted molar refractivity (Wildman–Crippen MR) is 69.0 cm³/mol. The monoisotopic (exact) mass is 270 g/mol. The molecular weight excluding hydrogens is 256 g/mol. The number of nitrogens with zero attached hydrogens (tertiary/aromatic N) is 1. The van der Waals surface area contributed by atoms with Gasteiger partial charge in [0.25, 0.3) is 5.69 Å². The lowest BCUT2D eigenvalue weighted by molar-refractivity contribution is -0.384. The second-order valence-corrected chi connectivity index (χ2v) is 4.88. The summed E-state index contributed by atoms with van der Waals surface area (Å²) in [7, 11) is 0. The Morgan fingerprint density at radius 1 is 1.39 bits per heavy atom. The predicted octanol–water partition coefficient (Wildman–Crippen LogP) is 2.90. The molecule has 1 aliphatic carbocycles. The minimum Gasteiger partial charge on any atom is -0.487 e. The van der Waals surface area contributed by atoms with Crippen molar-refractivity contribution in [3.63, 3.8) is 0 Å². The number of hydrogen-bond donors (Lipinski definition) is 1. The van der Waals surface area contributed by atoms with Crippen molar-refractivity contribution in [1.29, 1.82) is 0 Å².